The monoisotopic (exact) mass is 446 g/mol. The number of carbonyl (C=O) groups is 2. The van der Waals surface area contributed by atoms with Crippen LogP contribution in [-0.2, 0) is 9.59 Å². The smallest absolute Gasteiger partial charge is 0.304 e. The van der Waals surface area contributed by atoms with Crippen LogP contribution in [0.5, 0.6) is 0 Å². The summed E-state index contributed by atoms with van der Waals surface area (Å²) in [6, 6.07) is 7.53. The summed E-state index contributed by atoms with van der Waals surface area (Å²) in [6.07, 6.45) is 7.38. The molecule has 2 aliphatic rings. The van der Waals surface area contributed by atoms with E-state index in [4.69, 9.17) is 16.6 Å². The largest absolute Gasteiger partial charge is 0.481 e. The zero-order valence-corrected chi connectivity index (χ0v) is 18.5. The molecule has 2 aromatic rings. The predicted octanol–water partition coefficient (Wildman–Crippen LogP) is 5.88. The molecule has 0 radical (unpaired) electrons. The number of aliphatic carboxylic acids is 1. The van der Waals surface area contributed by atoms with Crippen LogP contribution < -0.4 is 4.90 Å². The average Bonchev–Trinajstić information content (AvgIpc) is 3.40. The van der Waals surface area contributed by atoms with Crippen molar-refractivity contribution < 1.29 is 14.7 Å². The van der Waals surface area contributed by atoms with Gasteiger partial charge < -0.3 is 5.11 Å². The Hall–Kier alpha value is -1.92. The fourth-order valence-corrected chi connectivity index (χ4v) is 6.18. The lowest BCUT2D eigenvalue weighted by molar-refractivity contribution is -0.142. The van der Waals surface area contributed by atoms with E-state index in [9.17, 15) is 14.7 Å². The number of aromatic nitrogens is 1. The molecular weight excluding hydrogens is 420 g/mol. The third kappa shape index (κ3) is 4.54. The van der Waals surface area contributed by atoms with E-state index in [-0.39, 0.29) is 18.2 Å². The van der Waals surface area contributed by atoms with Gasteiger partial charge in [0, 0.05) is 22.5 Å². The third-order valence-corrected chi connectivity index (χ3v) is 7.74. The molecule has 4 rings (SSSR count). The molecule has 2 fully saturated rings. The molecule has 0 bridgehead atoms. The van der Waals surface area contributed by atoms with E-state index in [0.29, 0.717) is 22.6 Å². The maximum absolute atomic E-state index is 13.6. The summed E-state index contributed by atoms with van der Waals surface area (Å²) in [4.78, 5) is 31.7. The summed E-state index contributed by atoms with van der Waals surface area (Å²) < 4.78 is 0. The molecule has 5 nitrogen and oxygen atoms in total. The van der Waals surface area contributed by atoms with Gasteiger partial charge in [-0.05, 0) is 30.7 Å². The SMILES string of the molecule is O=C(O)CC1C(=O)N(c2nc(-c3ccccc3Cl)cs2)CCCCC1C1CCCC1. The summed E-state index contributed by atoms with van der Waals surface area (Å²) >= 11 is 7.74. The quantitative estimate of drug-likeness (QED) is 0.622. The van der Waals surface area contributed by atoms with Crippen LogP contribution in [0, 0.1) is 17.8 Å². The molecule has 160 valence electrons. The summed E-state index contributed by atoms with van der Waals surface area (Å²) in [5.74, 6) is -0.824. The van der Waals surface area contributed by atoms with Crippen molar-refractivity contribution in [3.63, 3.8) is 0 Å². The van der Waals surface area contributed by atoms with Gasteiger partial charge in [0.15, 0.2) is 5.13 Å². The molecule has 2 unspecified atom stereocenters. The lowest BCUT2D eigenvalue weighted by Crippen LogP contribution is -2.44. The number of carbonyl (C=O) groups excluding carboxylic acids is 1. The number of nitrogens with zero attached hydrogens (tertiary/aromatic N) is 2. The highest BCUT2D eigenvalue weighted by Crippen LogP contribution is 2.42. The number of anilines is 1. The highest BCUT2D eigenvalue weighted by molar-refractivity contribution is 7.14. The zero-order valence-electron chi connectivity index (χ0n) is 16.9. The zero-order chi connectivity index (χ0) is 21.1. The summed E-state index contributed by atoms with van der Waals surface area (Å²) in [6.45, 7) is 0.585. The van der Waals surface area contributed by atoms with E-state index < -0.39 is 11.9 Å². The second-order valence-electron chi connectivity index (χ2n) is 8.39. The molecule has 0 spiro atoms. The Morgan fingerprint density at radius 3 is 2.63 bits per heavy atom. The van der Waals surface area contributed by atoms with Crippen molar-refractivity contribution >= 4 is 39.9 Å². The number of carboxylic acids is 1. The van der Waals surface area contributed by atoms with E-state index in [1.54, 1.807) is 4.90 Å². The molecule has 2 heterocycles. The lowest BCUT2D eigenvalue weighted by atomic mass is 9.74. The van der Waals surface area contributed by atoms with Crippen LogP contribution in [0.3, 0.4) is 0 Å². The minimum Gasteiger partial charge on any atom is -0.481 e. The Balaban J connectivity index is 1.63. The Labute approximate surface area is 186 Å². The van der Waals surface area contributed by atoms with Gasteiger partial charge in [-0.1, -0.05) is 61.9 Å². The second kappa shape index (κ2) is 9.48. The first kappa shape index (κ1) is 21.3. The number of hydrogen-bond acceptors (Lipinski definition) is 4. The van der Waals surface area contributed by atoms with Crippen molar-refractivity contribution in [3.05, 3.63) is 34.7 Å². The van der Waals surface area contributed by atoms with Gasteiger partial charge in [0.25, 0.3) is 0 Å². The van der Waals surface area contributed by atoms with Gasteiger partial charge in [-0.15, -0.1) is 11.3 Å². The lowest BCUT2D eigenvalue weighted by Gasteiger charge is -2.35. The number of hydrogen-bond donors (Lipinski definition) is 1. The highest BCUT2D eigenvalue weighted by atomic mass is 35.5. The summed E-state index contributed by atoms with van der Waals surface area (Å²) in [5.41, 5.74) is 1.59. The average molecular weight is 447 g/mol. The number of benzene rings is 1. The molecule has 1 saturated heterocycles. The number of thiazole rings is 1. The molecule has 1 aromatic carbocycles. The van der Waals surface area contributed by atoms with Crippen LogP contribution in [0.2, 0.25) is 5.02 Å². The van der Waals surface area contributed by atoms with Crippen LogP contribution >= 0.6 is 22.9 Å². The molecule has 1 aliphatic carbocycles. The van der Waals surface area contributed by atoms with Crippen molar-refractivity contribution in [2.45, 2.75) is 51.4 Å². The number of halogens is 1. The second-order valence-corrected chi connectivity index (χ2v) is 9.64. The topological polar surface area (TPSA) is 70.5 Å². The maximum Gasteiger partial charge on any atom is 0.304 e. The molecule has 1 aromatic heterocycles. The van der Waals surface area contributed by atoms with Crippen molar-refractivity contribution in [2.75, 3.05) is 11.4 Å². The normalized spacial score (nSPS) is 23.4. The van der Waals surface area contributed by atoms with Gasteiger partial charge in [0.2, 0.25) is 5.91 Å². The van der Waals surface area contributed by atoms with Crippen LogP contribution in [0.4, 0.5) is 5.13 Å². The van der Waals surface area contributed by atoms with Gasteiger partial charge in [0.1, 0.15) is 0 Å². The first-order valence-electron chi connectivity index (χ1n) is 10.8. The van der Waals surface area contributed by atoms with E-state index in [1.165, 1.54) is 24.2 Å². The molecular formula is C23H27ClN2O3S. The molecule has 1 aliphatic heterocycles. The van der Waals surface area contributed by atoms with Gasteiger partial charge >= 0.3 is 5.97 Å². The van der Waals surface area contributed by atoms with Crippen LogP contribution in [-0.4, -0.2) is 28.5 Å². The first-order valence-corrected chi connectivity index (χ1v) is 12.0. The minimum atomic E-state index is -0.896. The van der Waals surface area contributed by atoms with E-state index in [0.717, 1.165) is 43.4 Å². The molecule has 1 amide bonds. The van der Waals surface area contributed by atoms with Crippen molar-refractivity contribution in [1.82, 2.24) is 4.98 Å². The molecule has 30 heavy (non-hydrogen) atoms. The van der Waals surface area contributed by atoms with E-state index >= 15 is 0 Å². The van der Waals surface area contributed by atoms with E-state index in [1.807, 2.05) is 29.6 Å². The van der Waals surface area contributed by atoms with Crippen LogP contribution in [0.15, 0.2) is 29.6 Å². The molecule has 1 N–H and O–H groups in total. The standard InChI is InChI=1S/C23H27ClN2O3S/c24-19-11-4-3-10-17(19)20-14-30-23(25-20)26-12-6-5-9-16(15-7-1-2-8-15)18(22(26)29)13-21(27)28/h3-4,10-11,14-16,18H,1-2,5-9,12-13H2,(H,27,28). The van der Waals surface area contributed by atoms with Crippen molar-refractivity contribution in [2.24, 2.45) is 17.8 Å². The van der Waals surface area contributed by atoms with Gasteiger partial charge in [-0.2, -0.15) is 0 Å². The Morgan fingerprint density at radius 2 is 1.90 bits per heavy atom. The van der Waals surface area contributed by atoms with E-state index in [2.05, 4.69) is 0 Å². The Kier molecular flexibility index (Phi) is 6.74. The molecule has 1 saturated carbocycles. The van der Waals surface area contributed by atoms with Crippen LogP contribution in [0.1, 0.15) is 51.4 Å². The summed E-state index contributed by atoms with van der Waals surface area (Å²) in [7, 11) is 0. The Bertz CT molecular complexity index is 909. The summed E-state index contributed by atoms with van der Waals surface area (Å²) in [5, 5.41) is 12.7. The predicted molar refractivity (Wildman–Crippen MR) is 120 cm³/mol. The van der Waals surface area contributed by atoms with Gasteiger partial charge in [-0.3, -0.25) is 14.5 Å². The highest BCUT2D eigenvalue weighted by Gasteiger charge is 2.40. The molecule has 2 atom stereocenters. The van der Waals surface area contributed by atoms with Crippen LogP contribution in [0.25, 0.3) is 11.3 Å². The Morgan fingerprint density at radius 1 is 1.17 bits per heavy atom. The number of carboxylic acid groups (broad SMARTS) is 1. The van der Waals surface area contributed by atoms with Gasteiger partial charge in [0.05, 0.1) is 18.0 Å². The third-order valence-electron chi connectivity index (χ3n) is 6.54. The van der Waals surface area contributed by atoms with Crippen molar-refractivity contribution in [3.8, 4) is 11.3 Å². The fourth-order valence-electron chi connectivity index (χ4n) is 5.09. The maximum atomic E-state index is 13.6. The van der Waals surface area contributed by atoms with Gasteiger partial charge in [-0.25, -0.2) is 4.98 Å². The number of amides is 1. The molecule has 7 heteroatoms. The minimum absolute atomic E-state index is 0.0749. The fraction of sp³-hybridized carbons (Fsp3) is 0.522. The number of rotatable bonds is 5. The first-order chi connectivity index (χ1) is 14.5. The van der Waals surface area contributed by atoms with Crippen molar-refractivity contribution in [1.29, 1.82) is 0 Å².